The molecule has 0 saturated heterocycles. The molecule has 1 aliphatic rings. The third-order valence-corrected chi connectivity index (χ3v) is 11.9. The predicted molar refractivity (Wildman–Crippen MR) is 270 cm³/mol. The Kier molecular flexibility index (Phi) is 37.1. The Morgan fingerprint density at radius 1 is 0.543 bits per heavy atom. The number of aliphatic hydroxyl groups is 5. The monoisotopic (exact) mass is 1030 g/mol. The minimum atomic E-state index is -5.39. The van der Waals surface area contributed by atoms with Gasteiger partial charge in [-0.3, -0.25) is 23.2 Å². The molecule has 0 amide bonds. The highest BCUT2D eigenvalue weighted by Crippen LogP contribution is 2.49. The van der Waals surface area contributed by atoms with Gasteiger partial charge in [0, 0.05) is 12.8 Å². The number of phosphoric ester groups is 2. The van der Waals surface area contributed by atoms with Crippen molar-refractivity contribution in [2.24, 2.45) is 0 Å². The molecule has 398 valence electrons. The zero-order chi connectivity index (χ0) is 51.9. The molecular formula is C51H82O17P2. The summed E-state index contributed by atoms with van der Waals surface area (Å²) in [7, 11) is -10.8. The number of carbonyl (C=O) groups is 2. The molecule has 9 atom stereocenters. The van der Waals surface area contributed by atoms with Gasteiger partial charge < -0.3 is 49.7 Å². The minimum absolute atomic E-state index is 0.0512. The highest BCUT2D eigenvalue weighted by Gasteiger charge is 2.54. The van der Waals surface area contributed by atoms with Gasteiger partial charge in [0.15, 0.2) is 6.10 Å². The van der Waals surface area contributed by atoms with Crippen molar-refractivity contribution in [2.75, 3.05) is 13.2 Å². The molecule has 1 fully saturated rings. The molecule has 19 heteroatoms. The molecule has 6 unspecified atom stereocenters. The molecule has 0 aromatic carbocycles. The molecule has 1 aliphatic carbocycles. The van der Waals surface area contributed by atoms with Gasteiger partial charge in [-0.25, -0.2) is 9.13 Å². The van der Waals surface area contributed by atoms with Crippen LogP contribution in [0.25, 0.3) is 0 Å². The Morgan fingerprint density at radius 2 is 1.07 bits per heavy atom. The Hall–Kier alpha value is -3.38. The average Bonchev–Trinajstić information content (AvgIpc) is 3.31. The van der Waals surface area contributed by atoms with E-state index in [2.05, 4.69) is 91.3 Å². The van der Waals surface area contributed by atoms with Gasteiger partial charge in [0.2, 0.25) is 0 Å². The maximum absolute atomic E-state index is 13.0. The zero-order valence-electron chi connectivity index (χ0n) is 41.0. The summed E-state index contributed by atoms with van der Waals surface area (Å²) in [5.41, 5.74) is 0. The van der Waals surface area contributed by atoms with Crippen LogP contribution in [0.2, 0.25) is 0 Å². The molecule has 0 aliphatic heterocycles. The van der Waals surface area contributed by atoms with Crippen molar-refractivity contribution in [3.8, 4) is 0 Å². The van der Waals surface area contributed by atoms with Crippen LogP contribution in [0.1, 0.15) is 136 Å². The molecule has 0 aromatic rings. The maximum atomic E-state index is 13.0. The fraction of sp³-hybridized carbons (Fsp3) is 0.608. The summed E-state index contributed by atoms with van der Waals surface area (Å²) in [6, 6.07) is 0. The predicted octanol–water partition coefficient (Wildman–Crippen LogP) is 8.70. The largest absolute Gasteiger partial charge is 0.472 e. The lowest BCUT2D eigenvalue weighted by Gasteiger charge is -2.43. The minimum Gasteiger partial charge on any atom is -0.462 e. The normalized spacial score (nSPS) is 22.4. The van der Waals surface area contributed by atoms with Crippen LogP contribution in [0.4, 0.5) is 0 Å². The number of hydrogen-bond donors (Lipinski definition) is 8. The standard InChI is InChI=1S/C51H82O17P2/c1-3-5-7-9-11-13-15-17-18-19-20-22-24-26-28-30-34-38-44(53)64-40-43(41-65-70(62,63)68-51-48(57)46(55)47(56)50(49(51)58)67-69(59,60)61)66-45(54)39-35-31-33-37-42(52)36-32-29-27-25-23-21-16-14-12-10-8-6-4-2/h6,8,11-14,17-18,20-23,27,29,31-33,36,42-43,46-52,55-58H,3-5,7,9-10,15-16,19,24-26,28,30,34-35,37-41H2,1-2H3,(H,62,63)(H2,59,60,61)/b8-6-,13-11-,14-12-,18-17-,22-20-,23-21-,29-27-,33-31-,36-32-/t42?,43-,46?,47?,48?,49?,50-,51+/m1/s1. The zero-order valence-corrected chi connectivity index (χ0v) is 42.8. The van der Waals surface area contributed by atoms with Crippen molar-refractivity contribution >= 4 is 27.6 Å². The summed E-state index contributed by atoms with van der Waals surface area (Å²) in [6.45, 7) is 2.79. The third kappa shape index (κ3) is 34.1. The Balaban J connectivity index is 2.70. The molecule has 8 N–H and O–H groups in total. The fourth-order valence-corrected chi connectivity index (χ4v) is 8.15. The van der Waals surface area contributed by atoms with Gasteiger partial charge in [-0.2, -0.15) is 0 Å². The van der Waals surface area contributed by atoms with Crippen LogP contribution in [-0.4, -0.2) is 114 Å². The first-order valence-corrected chi connectivity index (χ1v) is 27.6. The first-order valence-electron chi connectivity index (χ1n) is 24.5. The number of esters is 2. The second kappa shape index (κ2) is 40.1. The molecule has 0 heterocycles. The summed E-state index contributed by atoms with van der Waals surface area (Å²) in [6.07, 6.45) is 34.9. The second-order valence-corrected chi connectivity index (χ2v) is 19.2. The van der Waals surface area contributed by atoms with Gasteiger partial charge in [0.05, 0.1) is 12.7 Å². The molecule has 17 nitrogen and oxygen atoms in total. The summed E-state index contributed by atoms with van der Waals surface area (Å²) in [5.74, 6) is -1.42. The van der Waals surface area contributed by atoms with Crippen LogP contribution >= 0.6 is 15.6 Å². The number of aliphatic hydroxyl groups excluding tert-OH is 5. The van der Waals surface area contributed by atoms with Gasteiger partial charge in [0.25, 0.3) is 0 Å². The quantitative estimate of drug-likeness (QED) is 0.00940. The Labute approximate surface area is 415 Å². The van der Waals surface area contributed by atoms with Crippen LogP contribution in [-0.2, 0) is 41.8 Å². The third-order valence-electron chi connectivity index (χ3n) is 10.4. The summed E-state index contributed by atoms with van der Waals surface area (Å²) < 4.78 is 49.2. The molecule has 0 bridgehead atoms. The maximum Gasteiger partial charge on any atom is 0.472 e. The molecule has 0 aromatic heterocycles. The van der Waals surface area contributed by atoms with E-state index < -0.39 is 89.6 Å². The van der Waals surface area contributed by atoms with Gasteiger partial charge in [-0.15, -0.1) is 0 Å². The van der Waals surface area contributed by atoms with Crippen molar-refractivity contribution in [1.29, 1.82) is 0 Å². The van der Waals surface area contributed by atoms with E-state index in [0.29, 0.717) is 6.42 Å². The molecule has 70 heavy (non-hydrogen) atoms. The van der Waals surface area contributed by atoms with E-state index in [1.165, 1.54) is 19.3 Å². The number of hydrogen-bond acceptors (Lipinski definition) is 14. The van der Waals surface area contributed by atoms with E-state index >= 15 is 0 Å². The average molecular weight is 1030 g/mol. The first-order chi connectivity index (χ1) is 33.5. The number of phosphoric acid groups is 2. The number of unbranched alkanes of at least 4 members (excludes halogenated alkanes) is 7. The highest BCUT2D eigenvalue weighted by atomic mass is 31.2. The van der Waals surface area contributed by atoms with E-state index in [4.69, 9.17) is 18.5 Å². The van der Waals surface area contributed by atoms with Crippen molar-refractivity contribution in [1.82, 2.24) is 0 Å². The molecule has 1 rings (SSSR count). The SMILES string of the molecule is CC/C=C\C/C=C\C/C=C\C/C=C\C=C/C(O)C/C=C\CCC(=O)O[C@H](COC(=O)CCCCCC/C=C\C/C=C\C/C=C\CCCCC)COP(=O)(O)O[C@H]1C(O)C(O)C(O)[C@@H](OP(=O)(O)O)C1O. The highest BCUT2D eigenvalue weighted by molar-refractivity contribution is 7.47. The van der Waals surface area contributed by atoms with E-state index in [1.54, 1.807) is 24.3 Å². The smallest absolute Gasteiger partial charge is 0.462 e. The van der Waals surface area contributed by atoms with Crippen LogP contribution in [0.15, 0.2) is 109 Å². The van der Waals surface area contributed by atoms with E-state index in [9.17, 15) is 58.9 Å². The lowest BCUT2D eigenvalue weighted by molar-refractivity contribution is -0.216. The van der Waals surface area contributed by atoms with Crippen LogP contribution < -0.4 is 0 Å². The second-order valence-electron chi connectivity index (χ2n) is 16.6. The molecular weight excluding hydrogens is 946 g/mol. The van der Waals surface area contributed by atoms with E-state index in [0.717, 1.165) is 70.6 Å². The fourth-order valence-electron chi connectivity index (χ4n) is 6.61. The molecule has 0 radical (unpaired) electrons. The van der Waals surface area contributed by atoms with Gasteiger partial charge in [-0.05, 0) is 83.5 Å². The molecule has 1 saturated carbocycles. The van der Waals surface area contributed by atoms with E-state index in [1.807, 2.05) is 12.2 Å². The van der Waals surface area contributed by atoms with Crippen LogP contribution in [0.5, 0.6) is 0 Å². The Bertz CT molecular complexity index is 1780. The first kappa shape index (κ1) is 64.6. The van der Waals surface area contributed by atoms with Gasteiger partial charge in [0.1, 0.15) is 43.2 Å². The lowest BCUT2D eigenvalue weighted by Crippen LogP contribution is -2.64. The van der Waals surface area contributed by atoms with Gasteiger partial charge >= 0.3 is 27.6 Å². The van der Waals surface area contributed by atoms with Crippen molar-refractivity contribution in [2.45, 2.75) is 185 Å². The van der Waals surface area contributed by atoms with Crippen molar-refractivity contribution < 1.29 is 82.0 Å². The van der Waals surface area contributed by atoms with E-state index in [-0.39, 0.29) is 25.7 Å². The van der Waals surface area contributed by atoms with Crippen LogP contribution in [0.3, 0.4) is 0 Å². The number of carbonyl (C=O) groups excluding carboxylic acids is 2. The topological polar surface area (TPSA) is 276 Å². The summed E-state index contributed by atoms with van der Waals surface area (Å²) in [4.78, 5) is 54.3. The number of rotatable bonds is 39. The summed E-state index contributed by atoms with van der Waals surface area (Å²) >= 11 is 0. The van der Waals surface area contributed by atoms with Crippen molar-refractivity contribution in [3.05, 3.63) is 109 Å². The van der Waals surface area contributed by atoms with Gasteiger partial charge in [-0.1, -0.05) is 149 Å². The number of ether oxygens (including phenoxy) is 2. The number of allylic oxidation sites excluding steroid dienone is 16. The Morgan fingerprint density at radius 3 is 1.66 bits per heavy atom. The molecule has 0 spiro atoms. The van der Waals surface area contributed by atoms with Crippen molar-refractivity contribution in [3.63, 3.8) is 0 Å². The van der Waals surface area contributed by atoms with Crippen LogP contribution in [0, 0.1) is 0 Å². The lowest BCUT2D eigenvalue weighted by atomic mass is 9.85. The summed E-state index contributed by atoms with van der Waals surface area (Å²) in [5, 5.41) is 51.5.